The van der Waals surface area contributed by atoms with Crippen LogP contribution >= 0.6 is 23.5 Å². The number of hydrogen-bond donors (Lipinski definition) is 2. The standard InChI is InChI=1S/C20H21N3OS2/c1-3-8-14-12(6-1)21-19(25-14)17-18(24-16-10-5-11-23(16)17)20-22-13-7-2-4-9-15(13)26-20/h1-4,6-9,16-22H,5,10-11H2/t16-,17+,18+,19-,20+/m0/s1. The Kier molecular flexibility index (Phi) is 3.68. The van der Waals surface area contributed by atoms with Gasteiger partial charge in [-0.3, -0.25) is 4.90 Å². The number of nitrogens with one attached hydrogen (secondary N) is 2. The average molecular weight is 384 g/mol. The summed E-state index contributed by atoms with van der Waals surface area (Å²) in [6.45, 7) is 1.14. The summed E-state index contributed by atoms with van der Waals surface area (Å²) in [5.41, 5.74) is 2.51. The third kappa shape index (κ3) is 2.39. The number of thioether (sulfide) groups is 2. The number of hydrogen-bond acceptors (Lipinski definition) is 6. The van der Waals surface area contributed by atoms with Crippen molar-refractivity contribution >= 4 is 34.9 Å². The van der Waals surface area contributed by atoms with Gasteiger partial charge in [-0.15, -0.1) is 0 Å². The summed E-state index contributed by atoms with van der Waals surface area (Å²) in [6, 6.07) is 17.6. The first-order valence-corrected chi connectivity index (χ1v) is 11.1. The maximum Gasteiger partial charge on any atom is 0.111 e. The van der Waals surface area contributed by atoms with E-state index in [1.54, 1.807) is 0 Å². The van der Waals surface area contributed by atoms with E-state index in [4.69, 9.17) is 4.74 Å². The van der Waals surface area contributed by atoms with Crippen LogP contribution in [-0.4, -0.2) is 40.6 Å². The number of fused-ring (bicyclic) bond motifs is 3. The first-order valence-electron chi connectivity index (χ1n) is 9.32. The lowest BCUT2D eigenvalue weighted by Crippen LogP contribution is -2.49. The van der Waals surface area contributed by atoms with Crippen molar-refractivity contribution in [2.24, 2.45) is 0 Å². The predicted octanol–water partition coefficient (Wildman–Crippen LogP) is 4.26. The van der Waals surface area contributed by atoms with Crippen LogP contribution in [0.25, 0.3) is 0 Å². The Balaban J connectivity index is 1.30. The molecule has 0 saturated carbocycles. The number of rotatable bonds is 2. The minimum absolute atomic E-state index is 0.178. The number of anilines is 2. The van der Waals surface area contributed by atoms with Gasteiger partial charge in [0.05, 0.1) is 11.4 Å². The van der Waals surface area contributed by atoms with Crippen LogP contribution in [0.4, 0.5) is 11.4 Å². The second kappa shape index (κ2) is 6.09. The molecule has 0 aromatic heterocycles. The first-order chi connectivity index (χ1) is 12.9. The van der Waals surface area contributed by atoms with Crippen molar-refractivity contribution in [1.82, 2.24) is 4.90 Å². The predicted molar refractivity (Wildman–Crippen MR) is 108 cm³/mol. The number of benzene rings is 2. The Morgan fingerprint density at radius 3 is 2.27 bits per heavy atom. The van der Waals surface area contributed by atoms with Gasteiger partial charge in [0.2, 0.25) is 0 Å². The van der Waals surface area contributed by atoms with Crippen molar-refractivity contribution in [1.29, 1.82) is 0 Å². The molecule has 5 atom stereocenters. The number of para-hydroxylation sites is 2. The van der Waals surface area contributed by atoms with Gasteiger partial charge in [0, 0.05) is 27.7 Å². The van der Waals surface area contributed by atoms with Crippen LogP contribution in [0.15, 0.2) is 58.3 Å². The summed E-state index contributed by atoms with van der Waals surface area (Å²) in [5, 5.41) is 8.09. The molecule has 26 heavy (non-hydrogen) atoms. The van der Waals surface area contributed by atoms with E-state index in [-0.39, 0.29) is 17.7 Å². The summed E-state index contributed by atoms with van der Waals surface area (Å²) < 4.78 is 6.61. The molecule has 6 rings (SSSR count). The van der Waals surface area contributed by atoms with Gasteiger partial charge in [0.25, 0.3) is 0 Å². The molecule has 0 spiro atoms. The lowest BCUT2D eigenvalue weighted by atomic mass is 10.1. The minimum atomic E-state index is 0.178. The van der Waals surface area contributed by atoms with Crippen molar-refractivity contribution in [3.05, 3.63) is 48.5 Å². The van der Waals surface area contributed by atoms with Gasteiger partial charge in [-0.25, -0.2) is 0 Å². The van der Waals surface area contributed by atoms with E-state index < -0.39 is 0 Å². The molecule has 2 aromatic rings. The highest BCUT2D eigenvalue weighted by molar-refractivity contribution is 8.01. The molecule has 0 unspecified atom stereocenters. The first kappa shape index (κ1) is 15.7. The molecular weight excluding hydrogens is 362 g/mol. The normalized spacial score (nSPS) is 34.8. The molecule has 0 bridgehead atoms. The topological polar surface area (TPSA) is 36.5 Å². The SMILES string of the molecule is c1ccc2c(c1)N[C@@H]([C@@H]1O[C@H]3CCCN3[C@H]1[C@H]1Nc3ccccc3S1)S2. The summed E-state index contributed by atoms with van der Waals surface area (Å²) in [6.07, 6.45) is 2.85. The molecule has 0 aliphatic carbocycles. The van der Waals surface area contributed by atoms with Crippen LogP contribution in [-0.2, 0) is 4.74 Å². The van der Waals surface area contributed by atoms with Crippen LogP contribution in [0.2, 0.25) is 0 Å². The summed E-state index contributed by atoms with van der Waals surface area (Å²) in [4.78, 5) is 5.29. The van der Waals surface area contributed by atoms with Crippen molar-refractivity contribution in [3.63, 3.8) is 0 Å². The van der Waals surface area contributed by atoms with Gasteiger partial charge in [0.15, 0.2) is 0 Å². The minimum Gasteiger partial charge on any atom is -0.371 e. The second-order valence-corrected chi connectivity index (χ2v) is 9.65. The highest BCUT2D eigenvalue weighted by Gasteiger charge is 2.53. The lowest BCUT2D eigenvalue weighted by Gasteiger charge is -2.32. The molecule has 4 heterocycles. The molecule has 0 radical (unpaired) electrons. The zero-order valence-corrected chi connectivity index (χ0v) is 15.9. The van der Waals surface area contributed by atoms with Gasteiger partial charge < -0.3 is 15.4 Å². The maximum absolute atomic E-state index is 6.61. The zero-order valence-electron chi connectivity index (χ0n) is 14.3. The monoisotopic (exact) mass is 383 g/mol. The molecule has 6 heteroatoms. The molecule has 2 N–H and O–H groups in total. The van der Waals surface area contributed by atoms with E-state index in [9.17, 15) is 0 Å². The third-order valence-electron chi connectivity index (χ3n) is 5.76. The maximum atomic E-state index is 6.61. The van der Waals surface area contributed by atoms with Gasteiger partial charge >= 0.3 is 0 Å². The Labute approximate surface area is 162 Å². The fourth-order valence-electron chi connectivity index (χ4n) is 4.61. The van der Waals surface area contributed by atoms with E-state index in [0.717, 1.165) is 13.0 Å². The molecular formula is C20H21N3OS2. The fraction of sp³-hybridized carbons (Fsp3) is 0.400. The van der Waals surface area contributed by atoms with Crippen LogP contribution in [0.3, 0.4) is 0 Å². The van der Waals surface area contributed by atoms with E-state index in [1.165, 1.54) is 27.6 Å². The van der Waals surface area contributed by atoms with Crippen molar-refractivity contribution < 1.29 is 4.74 Å². The van der Waals surface area contributed by atoms with E-state index in [0.29, 0.717) is 11.4 Å². The van der Waals surface area contributed by atoms with E-state index in [1.807, 2.05) is 23.5 Å². The van der Waals surface area contributed by atoms with Crippen LogP contribution in [0.5, 0.6) is 0 Å². The molecule has 4 nitrogen and oxygen atoms in total. The van der Waals surface area contributed by atoms with Crippen molar-refractivity contribution in [3.8, 4) is 0 Å². The van der Waals surface area contributed by atoms with Crippen LogP contribution < -0.4 is 10.6 Å². The van der Waals surface area contributed by atoms with Crippen LogP contribution in [0, 0.1) is 0 Å². The van der Waals surface area contributed by atoms with Gasteiger partial charge in [-0.2, -0.15) is 0 Å². The molecule has 4 aliphatic heterocycles. The summed E-state index contributed by atoms with van der Waals surface area (Å²) >= 11 is 3.88. The third-order valence-corrected chi connectivity index (χ3v) is 8.27. The number of nitrogens with zero attached hydrogens (tertiary/aromatic N) is 1. The molecule has 134 valence electrons. The average Bonchev–Trinajstić information content (AvgIpc) is 3.41. The van der Waals surface area contributed by atoms with Gasteiger partial charge in [-0.05, 0) is 37.1 Å². The van der Waals surface area contributed by atoms with Gasteiger partial charge in [-0.1, -0.05) is 47.8 Å². The zero-order chi connectivity index (χ0) is 17.1. The van der Waals surface area contributed by atoms with Gasteiger partial charge in [0.1, 0.15) is 17.7 Å². The summed E-state index contributed by atoms with van der Waals surface area (Å²) in [7, 11) is 0. The second-order valence-electron chi connectivity index (χ2n) is 7.28. The lowest BCUT2D eigenvalue weighted by molar-refractivity contribution is 0.0201. The highest BCUT2D eigenvalue weighted by atomic mass is 32.2. The molecule has 2 saturated heterocycles. The number of ether oxygens (including phenoxy) is 1. The molecule has 4 aliphatic rings. The molecule has 2 fully saturated rings. The molecule has 0 amide bonds. The smallest absolute Gasteiger partial charge is 0.111 e. The Morgan fingerprint density at radius 2 is 1.54 bits per heavy atom. The highest BCUT2D eigenvalue weighted by Crippen LogP contribution is 2.49. The Hall–Kier alpha value is -1.34. The van der Waals surface area contributed by atoms with E-state index in [2.05, 4.69) is 64.1 Å². The Morgan fingerprint density at radius 1 is 0.885 bits per heavy atom. The van der Waals surface area contributed by atoms with Crippen molar-refractivity contribution in [2.45, 2.75) is 51.8 Å². The van der Waals surface area contributed by atoms with E-state index >= 15 is 0 Å². The fourth-order valence-corrected chi connectivity index (χ4v) is 7.16. The van der Waals surface area contributed by atoms with Crippen molar-refractivity contribution in [2.75, 3.05) is 17.2 Å². The summed E-state index contributed by atoms with van der Waals surface area (Å²) in [5.74, 6) is 0. The van der Waals surface area contributed by atoms with Crippen LogP contribution in [0.1, 0.15) is 12.8 Å². The molecule has 2 aromatic carbocycles. The largest absolute Gasteiger partial charge is 0.371 e. The Bertz CT molecular complexity index is 797. The quantitative estimate of drug-likeness (QED) is 0.807.